The molecule has 4 heteroatoms. The van der Waals surface area contributed by atoms with E-state index in [4.69, 9.17) is 4.74 Å². The largest absolute Gasteiger partial charge is 0.373 e. The first-order valence-corrected chi connectivity index (χ1v) is 6.88. The Balaban J connectivity index is 2.37. The molecule has 1 aromatic heterocycles. The smallest absolute Gasteiger partial charge is 0.162 e. The molecule has 0 saturated heterocycles. The molecule has 2 rings (SSSR count). The monoisotopic (exact) mass is 249 g/mol. The number of hydrogen-bond donors (Lipinski definition) is 1. The summed E-state index contributed by atoms with van der Waals surface area (Å²) in [6, 6.07) is 1.96. The molecule has 1 heterocycles. The van der Waals surface area contributed by atoms with Crippen LogP contribution in [0.25, 0.3) is 0 Å². The Bertz CT molecular complexity index is 395. The first-order valence-electron chi connectivity index (χ1n) is 6.88. The molecule has 0 radical (unpaired) electrons. The molecular weight excluding hydrogens is 226 g/mol. The molecular formula is C14H23N3O. The summed E-state index contributed by atoms with van der Waals surface area (Å²) in [7, 11) is 1.89. The van der Waals surface area contributed by atoms with E-state index in [1.54, 1.807) is 0 Å². The standard InChI is InChI=1S/C14H23N3O/c1-4-18-14(8-6-5-7-9-14)13-16-11(2)10-12(15-3)17-13/h10H,4-9H2,1-3H3,(H,15,16,17). The van der Waals surface area contributed by atoms with Crippen molar-refractivity contribution >= 4 is 5.82 Å². The van der Waals surface area contributed by atoms with Crippen molar-refractivity contribution in [1.82, 2.24) is 9.97 Å². The topological polar surface area (TPSA) is 47.0 Å². The van der Waals surface area contributed by atoms with Crippen molar-refractivity contribution in [3.8, 4) is 0 Å². The average molecular weight is 249 g/mol. The van der Waals surface area contributed by atoms with E-state index in [1.807, 2.05) is 27.0 Å². The van der Waals surface area contributed by atoms with Gasteiger partial charge < -0.3 is 10.1 Å². The maximum Gasteiger partial charge on any atom is 0.162 e. The van der Waals surface area contributed by atoms with E-state index in [0.29, 0.717) is 6.61 Å². The van der Waals surface area contributed by atoms with Gasteiger partial charge in [-0.05, 0) is 26.7 Å². The first kappa shape index (κ1) is 13.3. The van der Waals surface area contributed by atoms with Gasteiger partial charge in [0.1, 0.15) is 11.4 Å². The van der Waals surface area contributed by atoms with Crippen molar-refractivity contribution in [2.45, 2.75) is 51.6 Å². The quantitative estimate of drug-likeness (QED) is 0.891. The van der Waals surface area contributed by atoms with Gasteiger partial charge in [0.15, 0.2) is 5.82 Å². The molecule has 1 fully saturated rings. The lowest BCUT2D eigenvalue weighted by Gasteiger charge is -2.35. The van der Waals surface area contributed by atoms with Crippen molar-refractivity contribution < 1.29 is 4.74 Å². The van der Waals surface area contributed by atoms with Crippen LogP contribution in [0.5, 0.6) is 0 Å². The van der Waals surface area contributed by atoms with Gasteiger partial charge in [-0.25, -0.2) is 9.97 Å². The number of anilines is 1. The van der Waals surface area contributed by atoms with Gasteiger partial charge in [0.05, 0.1) is 0 Å². The predicted octanol–water partition coefficient (Wildman–Crippen LogP) is 3.02. The Morgan fingerprint density at radius 3 is 2.61 bits per heavy atom. The first-order chi connectivity index (χ1) is 8.70. The molecule has 1 aromatic rings. The van der Waals surface area contributed by atoms with E-state index < -0.39 is 0 Å². The summed E-state index contributed by atoms with van der Waals surface area (Å²) in [5.41, 5.74) is 0.735. The lowest BCUT2D eigenvalue weighted by molar-refractivity contribution is -0.0767. The SMILES string of the molecule is CCOC1(c2nc(C)cc(NC)n2)CCCCC1. The molecule has 0 spiro atoms. The summed E-state index contributed by atoms with van der Waals surface area (Å²) >= 11 is 0. The van der Waals surface area contributed by atoms with Crippen LogP contribution in [0.2, 0.25) is 0 Å². The average Bonchev–Trinajstić information content (AvgIpc) is 2.39. The Morgan fingerprint density at radius 2 is 2.00 bits per heavy atom. The fraction of sp³-hybridized carbons (Fsp3) is 0.714. The fourth-order valence-corrected chi connectivity index (χ4v) is 2.73. The molecule has 1 aliphatic carbocycles. The fourth-order valence-electron chi connectivity index (χ4n) is 2.73. The molecule has 0 atom stereocenters. The Labute approximate surface area is 109 Å². The molecule has 0 bridgehead atoms. The van der Waals surface area contributed by atoms with E-state index in [0.717, 1.165) is 30.2 Å². The third-order valence-electron chi connectivity index (χ3n) is 3.60. The summed E-state index contributed by atoms with van der Waals surface area (Å²) in [5, 5.41) is 3.10. The van der Waals surface area contributed by atoms with Gasteiger partial charge in [-0.15, -0.1) is 0 Å². The normalized spacial score (nSPS) is 18.6. The summed E-state index contributed by atoms with van der Waals surface area (Å²) in [4.78, 5) is 9.24. The number of aromatic nitrogens is 2. The van der Waals surface area contributed by atoms with Crippen molar-refractivity contribution in [2.75, 3.05) is 19.0 Å². The van der Waals surface area contributed by atoms with Crippen molar-refractivity contribution in [1.29, 1.82) is 0 Å². The number of nitrogens with zero attached hydrogens (tertiary/aromatic N) is 2. The van der Waals surface area contributed by atoms with Crippen LogP contribution in [0, 0.1) is 6.92 Å². The van der Waals surface area contributed by atoms with Gasteiger partial charge >= 0.3 is 0 Å². The van der Waals surface area contributed by atoms with Gasteiger partial charge in [-0.3, -0.25) is 0 Å². The highest BCUT2D eigenvalue weighted by Gasteiger charge is 2.37. The maximum absolute atomic E-state index is 6.06. The maximum atomic E-state index is 6.06. The van der Waals surface area contributed by atoms with Crippen molar-refractivity contribution in [3.63, 3.8) is 0 Å². The van der Waals surface area contributed by atoms with Crippen LogP contribution in [-0.2, 0) is 10.3 Å². The lowest BCUT2D eigenvalue weighted by Crippen LogP contribution is -2.34. The third-order valence-corrected chi connectivity index (χ3v) is 3.60. The molecule has 1 aliphatic rings. The zero-order valence-corrected chi connectivity index (χ0v) is 11.6. The van der Waals surface area contributed by atoms with E-state index in [2.05, 4.69) is 15.3 Å². The number of nitrogens with one attached hydrogen (secondary N) is 1. The Kier molecular flexibility index (Phi) is 4.17. The number of hydrogen-bond acceptors (Lipinski definition) is 4. The highest BCUT2D eigenvalue weighted by atomic mass is 16.5. The minimum Gasteiger partial charge on any atom is -0.373 e. The third kappa shape index (κ3) is 2.64. The minimum absolute atomic E-state index is 0.259. The Morgan fingerprint density at radius 1 is 1.28 bits per heavy atom. The molecule has 0 amide bonds. The molecule has 4 nitrogen and oxygen atoms in total. The van der Waals surface area contributed by atoms with E-state index >= 15 is 0 Å². The molecule has 1 saturated carbocycles. The van der Waals surface area contributed by atoms with Crippen LogP contribution in [0.15, 0.2) is 6.07 Å². The molecule has 100 valence electrons. The number of ether oxygens (including phenoxy) is 1. The lowest BCUT2D eigenvalue weighted by atomic mass is 9.83. The number of rotatable bonds is 4. The highest BCUT2D eigenvalue weighted by molar-refractivity contribution is 5.35. The van der Waals surface area contributed by atoms with Gasteiger partial charge in [-0.2, -0.15) is 0 Å². The zero-order valence-electron chi connectivity index (χ0n) is 11.6. The van der Waals surface area contributed by atoms with Crippen molar-refractivity contribution in [2.24, 2.45) is 0 Å². The highest BCUT2D eigenvalue weighted by Crippen LogP contribution is 2.39. The second-order valence-electron chi connectivity index (χ2n) is 4.96. The van der Waals surface area contributed by atoms with E-state index in [-0.39, 0.29) is 5.60 Å². The predicted molar refractivity (Wildman–Crippen MR) is 72.7 cm³/mol. The van der Waals surface area contributed by atoms with Gasteiger partial charge in [0.2, 0.25) is 0 Å². The summed E-state index contributed by atoms with van der Waals surface area (Å²) in [6.45, 7) is 4.77. The van der Waals surface area contributed by atoms with Crippen LogP contribution < -0.4 is 5.32 Å². The van der Waals surface area contributed by atoms with Crippen LogP contribution in [0.4, 0.5) is 5.82 Å². The van der Waals surface area contributed by atoms with Gasteiger partial charge in [0, 0.05) is 25.4 Å². The Hall–Kier alpha value is -1.16. The minimum atomic E-state index is -0.259. The summed E-state index contributed by atoms with van der Waals surface area (Å²) in [6.07, 6.45) is 5.76. The zero-order chi connectivity index (χ0) is 13.0. The molecule has 0 aliphatic heterocycles. The van der Waals surface area contributed by atoms with Crippen molar-refractivity contribution in [3.05, 3.63) is 17.6 Å². The van der Waals surface area contributed by atoms with Gasteiger partial charge in [-0.1, -0.05) is 19.3 Å². The molecule has 18 heavy (non-hydrogen) atoms. The summed E-state index contributed by atoms with van der Waals surface area (Å²) < 4.78 is 6.06. The second-order valence-corrected chi connectivity index (χ2v) is 4.96. The van der Waals surface area contributed by atoms with Crippen LogP contribution in [0.3, 0.4) is 0 Å². The summed E-state index contributed by atoms with van der Waals surface area (Å²) in [5.74, 6) is 1.73. The molecule has 1 N–H and O–H groups in total. The molecule has 0 unspecified atom stereocenters. The van der Waals surface area contributed by atoms with E-state index in [9.17, 15) is 0 Å². The van der Waals surface area contributed by atoms with Gasteiger partial charge in [0.25, 0.3) is 0 Å². The van der Waals surface area contributed by atoms with Crippen LogP contribution in [-0.4, -0.2) is 23.6 Å². The number of aryl methyl sites for hydroxylation is 1. The molecule has 0 aromatic carbocycles. The second kappa shape index (κ2) is 5.65. The van der Waals surface area contributed by atoms with Crippen LogP contribution >= 0.6 is 0 Å². The van der Waals surface area contributed by atoms with E-state index in [1.165, 1.54) is 19.3 Å². The van der Waals surface area contributed by atoms with Crippen LogP contribution in [0.1, 0.15) is 50.5 Å².